The van der Waals surface area contributed by atoms with E-state index in [-0.39, 0.29) is 29.9 Å². The van der Waals surface area contributed by atoms with Crippen molar-refractivity contribution in [1.82, 2.24) is 15.5 Å². The van der Waals surface area contributed by atoms with Crippen molar-refractivity contribution < 1.29 is 9.21 Å². The lowest BCUT2D eigenvalue weighted by Gasteiger charge is -2.42. The summed E-state index contributed by atoms with van der Waals surface area (Å²) < 4.78 is 5.08. The second-order valence-corrected chi connectivity index (χ2v) is 7.05. The molecule has 0 spiro atoms. The van der Waals surface area contributed by atoms with E-state index < -0.39 is 0 Å². The first-order valence-corrected chi connectivity index (χ1v) is 9.43. The molecule has 1 saturated heterocycles. The van der Waals surface area contributed by atoms with Gasteiger partial charge in [-0.05, 0) is 43.7 Å². The number of furan rings is 1. The van der Waals surface area contributed by atoms with Crippen molar-refractivity contribution in [1.29, 1.82) is 0 Å². The number of likely N-dealkylation sites (tertiary alicyclic amines) is 1. The Morgan fingerprint density at radius 1 is 1.38 bits per heavy atom. The van der Waals surface area contributed by atoms with Crippen molar-refractivity contribution in [2.45, 2.75) is 46.5 Å². The summed E-state index contributed by atoms with van der Waals surface area (Å²) in [6, 6.07) is 3.37. The Morgan fingerprint density at radius 3 is 2.85 bits per heavy atom. The summed E-state index contributed by atoms with van der Waals surface area (Å²) in [5, 5.41) is 6.23. The highest BCUT2D eigenvalue weighted by Crippen LogP contribution is 2.33. The van der Waals surface area contributed by atoms with Crippen molar-refractivity contribution >= 4 is 35.8 Å². The zero-order valence-corrected chi connectivity index (χ0v) is 18.5. The van der Waals surface area contributed by atoms with E-state index in [1.165, 1.54) is 31.9 Å². The Morgan fingerprint density at radius 2 is 2.19 bits per heavy atom. The van der Waals surface area contributed by atoms with Crippen LogP contribution in [0, 0.1) is 5.41 Å². The van der Waals surface area contributed by atoms with Gasteiger partial charge < -0.3 is 20.0 Å². The van der Waals surface area contributed by atoms with Crippen LogP contribution in [0.15, 0.2) is 27.8 Å². The van der Waals surface area contributed by atoms with E-state index >= 15 is 0 Å². The number of carbonyl (C=O) groups excluding carboxylic acids is 1. The lowest BCUT2D eigenvalue weighted by atomic mass is 9.78. The Kier molecular flexibility index (Phi) is 10.0. The van der Waals surface area contributed by atoms with Crippen LogP contribution in [-0.4, -0.2) is 49.5 Å². The molecule has 6 nitrogen and oxygen atoms in total. The van der Waals surface area contributed by atoms with E-state index in [1.54, 1.807) is 12.1 Å². The van der Waals surface area contributed by atoms with Crippen LogP contribution in [0.2, 0.25) is 0 Å². The molecule has 2 heterocycles. The number of guanidine groups is 1. The Labute approximate surface area is 174 Å². The fourth-order valence-corrected chi connectivity index (χ4v) is 3.56. The van der Waals surface area contributed by atoms with Gasteiger partial charge in [0.05, 0.1) is 12.8 Å². The fourth-order valence-electron chi connectivity index (χ4n) is 3.56. The lowest BCUT2D eigenvalue weighted by molar-refractivity contribution is 0.0927. The maximum atomic E-state index is 11.9. The molecule has 0 bridgehead atoms. The summed E-state index contributed by atoms with van der Waals surface area (Å²) in [5.74, 6) is 1.10. The lowest BCUT2D eigenvalue weighted by Crippen LogP contribution is -2.50. The maximum absolute atomic E-state index is 11.9. The van der Waals surface area contributed by atoms with Crippen LogP contribution in [0.5, 0.6) is 0 Å². The van der Waals surface area contributed by atoms with Crippen LogP contribution < -0.4 is 10.6 Å². The minimum atomic E-state index is -0.196. The van der Waals surface area contributed by atoms with Gasteiger partial charge in [-0.25, -0.2) is 0 Å². The van der Waals surface area contributed by atoms with Crippen LogP contribution in [0.25, 0.3) is 0 Å². The number of aliphatic imine (C=N–C) groups is 1. The van der Waals surface area contributed by atoms with Gasteiger partial charge in [-0.3, -0.25) is 9.79 Å². The van der Waals surface area contributed by atoms with Crippen molar-refractivity contribution in [2.24, 2.45) is 10.4 Å². The molecular formula is C19H33IN4O2. The normalized spacial score (nSPS) is 20.4. The van der Waals surface area contributed by atoms with E-state index in [1.807, 2.05) is 0 Å². The zero-order valence-electron chi connectivity index (χ0n) is 16.2. The number of amides is 1. The number of piperidine rings is 1. The molecule has 0 radical (unpaired) electrons. The fraction of sp³-hybridized carbons (Fsp3) is 0.684. The molecular weight excluding hydrogens is 443 g/mol. The SMILES string of the molecule is CCCC1(C)CCCN(C(=NCCNC(=O)c2ccco2)NCC)C1.I. The van der Waals surface area contributed by atoms with Crippen LogP contribution in [-0.2, 0) is 0 Å². The molecule has 1 aromatic rings. The third kappa shape index (κ3) is 6.81. The molecule has 26 heavy (non-hydrogen) atoms. The molecule has 2 N–H and O–H groups in total. The van der Waals surface area contributed by atoms with Gasteiger partial charge in [0, 0.05) is 26.2 Å². The molecule has 1 amide bonds. The van der Waals surface area contributed by atoms with Gasteiger partial charge >= 0.3 is 0 Å². The number of halogens is 1. The second-order valence-electron chi connectivity index (χ2n) is 7.05. The summed E-state index contributed by atoms with van der Waals surface area (Å²) in [5.41, 5.74) is 0.372. The van der Waals surface area contributed by atoms with Gasteiger partial charge in [0.1, 0.15) is 0 Å². The van der Waals surface area contributed by atoms with E-state index in [0.29, 0.717) is 24.3 Å². The zero-order chi connectivity index (χ0) is 18.1. The Hall–Kier alpha value is -1.25. The van der Waals surface area contributed by atoms with Gasteiger partial charge in [-0.15, -0.1) is 24.0 Å². The third-order valence-corrected chi connectivity index (χ3v) is 4.67. The summed E-state index contributed by atoms with van der Waals surface area (Å²) >= 11 is 0. The highest BCUT2D eigenvalue weighted by Gasteiger charge is 2.31. The molecule has 0 aliphatic carbocycles. The number of carbonyl (C=O) groups is 1. The van der Waals surface area contributed by atoms with E-state index in [2.05, 4.69) is 36.3 Å². The van der Waals surface area contributed by atoms with Crippen LogP contribution in [0.1, 0.15) is 57.0 Å². The highest BCUT2D eigenvalue weighted by molar-refractivity contribution is 14.0. The topological polar surface area (TPSA) is 69.9 Å². The minimum Gasteiger partial charge on any atom is -0.459 e. The van der Waals surface area contributed by atoms with Crippen molar-refractivity contribution in [2.75, 3.05) is 32.7 Å². The van der Waals surface area contributed by atoms with Gasteiger partial charge in [0.25, 0.3) is 5.91 Å². The predicted octanol–water partition coefficient (Wildman–Crippen LogP) is 3.50. The van der Waals surface area contributed by atoms with Crippen LogP contribution in [0.3, 0.4) is 0 Å². The van der Waals surface area contributed by atoms with Gasteiger partial charge in [0.2, 0.25) is 0 Å². The van der Waals surface area contributed by atoms with E-state index in [9.17, 15) is 4.79 Å². The van der Waals surface area contributed by atoms with Gasteiger partial charge in [0.15, 0.2) is 11.7 Å². The number of hydrogen-bond acceptors (Lipinski definition) is 3. The molecule has 0 aromatic carbocycles. The number of nitrogens with zero attached hydrogens (tertiary/aromatic N) is 2. The van der Waals surface area contributed by atoms with Crippen molar-refractivity contribution in [3.63, 3.8) is 0 Å². The monoisotopic (exact) mass is 476 g/mol. The molecule has 2 rings (SSSR count). The molecule has 1 aliphatic heterocycles. The summed E-state index contributed by atoms with van der Waals surface area (Å²) in [6.45, 7) is 10.7. The first-order chi connectivity index (χ1) is 12.1. The molecule has 7 heteroatoms. The highest BCUT2D eigenvalue weighted by atomic mass is 127. The first kappa shape index (κ1) is 22.8. The van der Waals surface area contributed by atoms with Gasteiger partial charge in [-0.2, -0.15) is 0 Å². The molecule has 1 atom stereocenters. The predicted molar refractivity (Wildman–Crippen MR) is 116 cm³/mol. The van der Waals surface area contributed by atoms with E-state index in [0.717, 1.165) is 25.6 Å². The van der Waals surface area contributed by atoms with Crippen molar-refractivity contribution in [3.8, 4) is 0 Å². The standard InChI is InChI=1S/C19H32N4O2.HI/c1-4-9-19(3)10-7-13-23(15-19)18(20-5-2)22-12-11-21-17(24)16-8-6-14-25-16;/h6,8,14H,4-5,7,9-13,15H2,1-3H3,(H,20,22)(H,21,24);1H. The summed E-state index contributed by atoms with van der Waals surface area (Å²) in [6.07, 6.45) is 6.46. The number of hydrogen-bond donors (Lipinski definition) is 2. The largest absolute Gasteiger partial charge is 0.459 e. The van der Waals surface area contributed by atoms with Crippen LogP contribution >= 0.6 is 24.0 Å². The smallest absolute Gasteiger partial charge is 0.287 e. The molecule has 1 unspecified atom stereocenters. The quantitative estimate of drug-likeness (QED) is 0.274. The Balaban J connectivity index is 0.00000338. The Bertz CT molecular complexity index is 558. The molecule has 1 aromatic heterocycles. The summed E-state index contributed by atoms with van der Waals surface area (Å²) in [4.78, 5) is 18.9. The number of nitrogens with one attached hydrogen (secondary N) is 2. The van der Waals surface area contributed by atoms with Crippen LogP contribution in [0.4, 0.5) is 0 Å². The van der Waals surface area contributed by atoms with Gasteiger partial charge in [-0.1, -0.05) is 20.3 Å². The van der Waals surface area contributed by atoms with Crippen molar-refractivity contribution in [3.05, 3.63) is 24.2 Å². The number of rotatable bonds is 7. The molecule has 148 valence electrons. The maximum Gasteiger partial charge on any atom is 0.287 e. The molecule has 1 aliphatic rings. The first-order valence-electron chi connectivity index (χ1n) is 9.43. The molecule has 1 fully saturated rings. The average molecular weight is 476 g/mol. The second kappa shape index (κ2) is 11.5. The third-order valence-electron chi connectivity index (χ3n) is 4.67. The van der Waals surface area contributed by atoms with E-state index in [4.69, 9.17) is 9.41 Å². The summed E-state index contributed by atoms with van der Waals surface area (Å²) in [7, 11) is 0. The average Bonchev–Trinajstić information content (AvgIpc) is 3.12. The molecule has 0 saturated carbocycles. The minimum absolute atomic E-state index is 0.